The summed E-state index contributed by atoms with van der Waals surface area (Å²) in [6, 6.07) is 0. The van der Waals surface area contributed by atoms with Gasteiger partial charge >= 0.3 is 0 Å². The van der Waals surface area contributed by atoms with Crippen LogP contribution in [0, 0.1) is 5.92 Å². The van der Waals surface area contributed by atoms with Crippen LogP contribution in [-0.2, 0) is 0 Å². The van der Waals surface area contributed by atoms with Gasteiger partial charge in [0.25, 0.3) is 0 Å². The summed E-state index contributed by atoms with van der Waals surface area (Å²) >= 11 is 0. The highest BCUT2D eigenvalue weighted by Crippen LogP contribution is 2.24. The quantitative estimate of drug-likeness (QED) is 0.559. The summed E-state index contributed by atoms with van der Waals surface area (Å²) in [5.41, 5.74) is 6.72. The third-order valence-corrected chi connectivity index (χ3v) is 2.88. The van der Waals surface area contributed by atoms with Crippen LogP contribution in [0.4, 0.5) is 0 Å². The molecule has 1 fully saturated rings. The Hall–Kier alpha value is -0.930. The predicted octanol–water partition coefficient (Wildman–Crippen LogP) is 1.43. The first-order chi connectivity index (χ1) is 7.27. The Morgan fingerprint density at radius 2 is 2.20 bits per heavy atom. The zero-order valence-corrected chi connectivity index (χ0v) is 9.52. The third-order valence-electron chi connectivity index (χ3n) is 2.88. The van der Waals surface area contributed by atoms with Gasteiger partial charge in [0.05, 0.1) is 0 Å². The van der Waals surface area contributed by atoms with Crippen molar-refractivity contribution in [2.45, 2.75) is 12.8 Å². The SMILES string of the molecule is C=N/C=C(\C=C/CN)C1CCN(C)CC1. The lowest BCUT2D eigenvalue weighted by molar-refractivity contribution is 0.240. The molecule has 0 aromatic rings. The van der Waals surface area contributed by atoms with Crippen molar-refractivity contribution in [3.05, 3.63) is 23.9 Å². The van der Waals surface area contributed by atoms with Gasteiger partial charge in [-0.25, -0.2) is 0 Å². The van der Waals surface area contributed by atoms with Crippen LogP contribution in [-0.4, -0.2) is 38.3 Å². The van der Waals surface area contributed by atoms with Gasteiger partial charge in [0.15, 0.2) is 0 Å². The normalized spacial score (nSPS) is 21.1. The summed E-state index contributed by atoms with van der Waals surface area (Å²) in [7, 11) is 2.17. The molecule has 1 saturated heterocycles. The minimum Gasteiger partial charge on any atom is -0.327 e. The summed E-state index contributed by atoms with van der Waals surface area (Å²) in [5.74, 6) is 0.620. The summed E-state index contributed by atoms with van der Waals surface area (Å²) in [6.45, 7) is 6.43. The molecule has 0 radical (unpaired) electrons. The van der Waals surface area contributed by atoms with E-state index in [9.17, 15) is 0 Å². The molecule has 0 aromatic heterocycles. The van der Waals surface area contributed by atoms with E-state index < -0.39 is 0 Å². The standard InChI is InChI=1S/C12H21N3/c1-14-10-12(4-3-7-13)11-5-8-15(2)9-6-11/h3-4,10-11H,1,5-9,13H2,2H3/b4-3-,12-10+. The van der Waals surface area contributed by atoms with Crippen molar-refractivity contribution in [2.24, 2.45) is 16.6 Å². The Labute approximate surface area is 92.4 Å². The maximum Gasteiger partial charge on any atom is 0.0295 e. The second-order valence-corrected chi connectivity index (χ2v) is 4.03. The van der Waals surface area contributed by atoms with Gasteiger partial charge < -0.3 is 10.6 Å². The van der Waals surface area contributed by atoms with Gasteiger partial charge in [0.1, 0.15) is 0 Å². The van der Waals surface area contributed by atoms with E-state index in [4.69, 9.17) is 5.73 Å². The molecular weight excluding hydrogens is 186 g/mol. The zero-order valence-electron chi connectivity index (χ0n) is 9.52. The molecule has 0 spiro atoms. The number of likely N-dealkylation sites (tertiary alicyclic amines) is 1. The molecule has 1 aliphatic heterocycles. The number of piperidine rings is 1. The molecule has 1 rings (SSSR count). The Kier molecular flexibility index (Phi) is 5.29. The summed E-state index contributed by atoms with van der Waals surface area (Å²) in [6.07, 6.45) is 8.33. The fourth-order valence-electron chi connectivity index (χ4n) is 1.94. The molecule has 3 heteroatoms. The molecule has 2 N–H and O–H groups in total. The van der Waals surface area contributed by atoms with Crippen LogP contribution in [0.1, 0.15) is 12.8 Å². The molecule has 0 saturated carbocycles. The molecule has 0 atom stereocenters. The van der Waals surface area contributed by atoms with Crippen molar-refractivity contribution < 1.29 is 0 Å². The molecule has 3 nitrogen and oxygen atoms in total. The fraction of sp³-hybridized carbons (Fsp3) is 0.583. The minimum absolute atomic E-state index is 0.584. The average Bonchev–Trinajstić information content (AvgIpc) is 2.25. The molecule has 0 amide bonds. The Bertz CT molecular complexity index is 248. The van der Waals surface area contributed by atoms with Gasteiger partial charge in [-0.1, -0.05) is 12.2 Å². The molecule has 1 heterocycles. The van der Waals surface area contributed by atoms with E-state index in [1.54, 1.807) is 0 Å². The van der Waals surface area contributed by atoms with E-state index in [0.717, 1.165) is 13.1 Å². The molecule has 0 aliphatic carbocycles. The predicted molar refractivity (Wildman–Crippen MR) is 66.0 cm³/mol. The average molecular weight is 207 g/mol. The van der Waals surface area contributed by atoms with Crippen LogP contribution in [0.3, 0.4) is 0 Å². The third kappa shape index (κ3) is 3.98. The van der Waals surface area contributed by atoms with Crippen LogP contribution in [0.5, 0.6) is 0 Å². The van der Waals surface area contributed by atoms with E-state index in [2.05, 4.69) is 29.7 Å². The van der Waals surface area contributed by atoms with Gasteiger partial charge in [0, 0.05) is 12.7 Å². The van der Waals surface area contributed by atoms with Crippen LogP contribution >= 0.6 is 0 Å². The first kappa shape index (κ1) is 12.1. The van der Waals surface area contributed by atoms with Crippen molar-refractivity contribution >= 4 is 6.72 Å². The van der Waals surface area contributed by atoms with Crippen LogP contribution in [0.25, 0.3) is 0 Å². The molecule has 1 aliphatic rings. The second-order valence-electron chi connectivity index (χ2n) is 4.03. The lowest BCUT2D eigenvalue weighted by Crippen LogP contribution is -2.30. The molecule has 0 unspecified atom stereocenters. The van der Waals surface area contributed by atoms with E-state index in [-0.39, 0.29) is 0 Å². The Morgan fingerprint density at radius 1 is 1.53 bits per heavy atom. The van der Waals surface area contributed by atoms with Crippen LogP contribution in [0.2, 0.25) is 0 Å². The van der Waals surface area contributed by atoms with Crippen molar-refractivity contribution in [3.63, 3.8) is 0 Å². The van der Waals surface area contributed by atoms with Gasteiger partial charge in [0.2, 0.25) is 0 Å². The van der Waals surface area contributed by atoms with E-state index in [0.29, 0.717) is 12.5 Å². The Balaban J connectivity index is 2.60. The lowest BCUT2D eigenvalue weighted by Gasteiger charge is -2.29. The zero-order chi connectivity index (χ0) is 11.1. The maximum absolute atomic E-state index is 5.46. The number of hydrogen-bond donors (Lipinski definition) is 1. The van der Waals surface area contributed by atoms with Crippen molar-refractivity contribution in [2.75, 3.05) is 26.7 Å². The van der Waals surface area contributed by atoms with Gasteiger partial charge in [-0.15, -0.1) is 0 Å². The summed E-state index contributed by atoms with van der Waals surface area (Å²) < 4.78 is 0. The van der Waals surface area contributed by atoms with E-state index in [1.807, 2.05) is 12.3 Å². The van der Waals surface area contributed by atoms with Gasteiger partial charge in [-0.3, -0.25) is 4.99 Å². The topological polar surface area (TPSA) is 41.6 Å². The lowest BCUT2D eigenvalue weighted by atomic mass is 9.89. The maximum atomic E-state index is 5.46. The smallest absolute Gasteiger partial charge is 0.0295 e. The van der Waals surface area contributed by atoms with E-state index in [1.165, 1.54) is 18.4 Å². The number of hydrogen-bond acceptors (Lipinski definition) is 3. The molecule has 84 valence electrons. The monoisotopic (exact) mass is 207 g/mol. The number of nitrogens with zero attached hydrogens (tertiary/aromatic N) is 2. The van der Waals surface area contributed by atoms with Crippen LogP contribution in [0.15, 0.2) is 28.9 Å². The number of rotatable bonds is 4. The Morgan fingerprint density at radius 3 is 2.73 bits per heavy atom. The first-order valence-corrected chi connectivity index (χ1v) is 5.49. The molecule has 15 heavy (non-hydrogen) atoms. The highest BCUT2D eigenvalue weighted by Gasteiger charge is 2.18. The van der Waals surface area contributed by atoms with Crippen molar-refractivity contribution in [1.29, 1.82) is 0 Å². The number of allylic oxidation sites excluding steroid dienone is 2. The number of aliphatic imine (C=N–C) groups is 1. The minimum atomic E-state index is 0.584. The summed E-state index contributed by atoms with van der Waals surface area (Å²) in [4.78, 5) is 6.23. The van der Waals surface area contributed by atoms with Gasteiger partial charge in [-0.05, 0) is 51.2 Å². The molecule has 0 aromatic carbocycles. The molecule has 0 bridgehead atoms. The largest absolute Gasteiger partial charge is 0.327 e. The highest BCUT2D eigenvalue weighted by atomic mass is 15.1. The van der Waals surface area contributed by atoms with E-state index >= 15 is 0 Å². The first-order valence-electron chi connectivity index (χ1n) is 5.49. The van der Waals surface area contributed by atoms with Crippen molar-refractivity contribution in [1.82, 2.24) is 4.90 Å². The highest BCUT2D eigenvalue weighted by molar-refractivity contribution is 5.30. The number of nitrogens with two attached hydrogens (primary N) is 1. The molecular formula is C12H21N3. The van der Waals surface area contributed by atoms with Crippen LogP contribution < -0.4 is 5.73 Å². The van der Waals surface area contributed by atoms with Crippen molar-refractivity contribution in [3.8, 4) is 0 Å². The second kappa shape index (κ2) is 6.53. The van der Waals surface area contributed by atoms with Gasteiger partial charge in [-0.2, -0.15) is 0 Å². The fourth-order valence-corrected chi connectivity index (χ4v) is 1.94. The summed E-state index contributed by atoms with van der Waals surface area (Å²) in [5, 5.41) is 0.